The van der Waals surface area contributed by atoms with Gasteiger partial charge in [-0.15, -0.1) is 0 Å². The molecule has 2 atom stereocenters. The fraction of sp³-hybridized carbons (Fsp3) is 0.923. The standard InChI is InChI=1S/C13H28N2O2/c1-5-13(4,6-7-16)15-12(17)11(9-14)8-10(2)3/h10-11,16H,5-9,14H2,1-4H3,(H,15,17). The Hall–Kier alpha value is -0.610. The van der Waals surface area contributed by atoms with Gasteiger partial charge in [-0.2, -0.15) is 0 Å². The predicted molar refractivity (Wildman–Crippen MR) is 70.5 cm³/mol. The SMILES string of the molecule is CCC(C)(CCO)NC(=O)C(CN)CC(C)C. The molecule has 4 N–H and O–H groups in total. The van der Waals surface area contributed by atoms with E-state index >= 15 is 0 Å². The van der Waals surface area contributed by atoms with E-state index in [1.807, 2.05) is 13.8 Å². The molecule has 4 heteroatoms. The van der Waals surface area contributed by atoms with Crippen molar-refractivity contribution in [2.75, 3.05) is 13.2 Å². The molecule has 0 saturated carbocycles. The molecule has 0 aromatic rings. The number of rotatable bonds is 8. The molecule has 102 valence electrons. The summed E-state index contributed by atoms with van der Waals surface area (Å²) in [5, 5.41) is 12.0. The number of carbonyl (C=O) groups excluding carboxylic acids is 1. The van der Waals surface area contributed by atoms with Gasteiger partial charge in [-0.05, 0) is 32.1 Å². The zero-order valence-corrected chi connectivity index (χ0v) is 11.6. The molecule has 4 nitrogen and oxygen atoms in total. The summed E-state index contributed by atoms with van der Waals surface area (Å²) in [6, 6.07) is 0. The molecule has 0 radical (unpaired) electrons. The number of nitrogens with two attached hydrogens (primary N) is 1. The second kappa shape index (κ2) is 7.67. The molecule has 0 aliphatic heterocycles. The Kier molecular flexibility index (Phi) is 7.39. The van der Waals surface area contributed by atoms with Crippen molar-refractivity contribution in [3.8, 4) is 0 Å². The summed E-state index contributed by atoms with van der Waals surface area (Å²) < 4.78 is 0. The van der Waals surface area contributed by atoms with Crippen LogP contribution in [0.1, 0.15) is 47.0 Å². The number of amides is 1. The van der Waals surface area contributed by atoms with Crippen molar-refractivity contribution in [1.29, 1.82) is 0 Å². The Labute approximate surface area is 105 Å². The number of hydrogen-bond acceptors (Lipinski definition) is 3. The zero-order chi connectivity index (χ0) is 13.5. The second-order valence-corrected chi connectivity index (χ2v) is 5.44. The van der Waals surface area contributed by atoms with E-state index in [-0.39, 0.29) is 24.0 Å². The number of aliphatic hydroxyl groups excluding tert-OH is 1. The van der Waals surface area contributed by atoms with Crippen LogP contribution in [0.2, 0.25) is 0 Å². The van der Waals surface area contributed by atoms with Gasteiger partial charge >= 0.3 is 0 Å². The molecule has 0 aromatic carbocycles. The summed E-state index contributed by atoms with van der Waals surface area (Å²) >= 11 is 0. The monoisotopic (exact) mass is 244 g/mol. The lowest BCUT2D eigenvalue weighted by Crippen LogP contribution is -2.49. The minimum absolute atomic E-state index is 0.0130. The maximum atomic E-state index is 12.1. The maximum Gasteiger partial charge on any atom is 0.224 e. The molecule has 0 heterocycles. The Morgan fingerprint density at radius 2 is 2.06 bits per heavy atom. The van der Waals surface area contributed by atoms with Crippen LogP contribution in [0, 0.1) is 11.8 Å². The van der Waals surface area contributed by atoms with Crippen molar-refractivity contribution in [3.63, 3.8) is 0 Å². The molecular weight excluding hydrogens is 216 g/mol. The average molecular weight is 244 g/mol. The highest BCUT2D eigenvalue weighted by molar-refractivity contribution is 5.79. The predicted octanol–water partition coefficient (Wildman–Crippen LogP) is 1.27. The van der Waals surface area contributed by atoms with Gasteiger partial charge in [-0.25, -0.2) is 0 Å². The highest BCUT2D eigenvalue weighted by Gasteiger charge is 2.27. The Bertz CT molecular complexity index is 231. The third-order valence-electron chi connectivity index (χ3n) is 3.28. The average Bonchev–Trinajstić information content (AvgIpc) is 2.25. The van der Waals surface area contributed by atoms with Crippen molar-refractivity contribution < 1.29 is 9.90 Å². The highest BCUT2D eigenvalue weighted by atomic mass is 16.3. The van der Waals surface area contributed by atoms with E-state index in [2.05, 4.69) is 19.2 Å². The van der Waals surface area contributed by atoms with Gasteiger partial charge in [-0.3, -0.25) is 4.79 Å². The highest BCUT2D eigenvalue weighted by Crippen LogP contribution is 2.17. The number of aliphatic hydroxyl groups is 1. The van der Waals surface area contributed by atoms with Crippen molar-refractivity contribution in [2.45, 2.75) is 52.5 Å². The van der Waals surface area contributed by atoms with Gasteiger partial charge in [-0.1, -0.05) is 20.8 Å². The fourth-order valence-corrected chi connectivity index (χ4v) is 1.85. The molecule has 17 heavy (non-hydrogen) atoms. The van der Waals surface area contributed by atoms with Gasteiger partial charge in [0.15, 0.2) is 0 Å². The van der Waals surface area contributed by atoms with Crippen LogP contribution >= 0.6 is 0 Å². The molecule has 0 aliphatic carbocycles. The van der Waals surface area contributed by atoms with Crippen molar-refractivity contribution in [1.82, 2.24) is 5.32 Å². The third kappa shape index (κ3) is 6.03. The summed E-state index contributed by atoms with van der Waals surface area (Å²) in [7, 11) is 0. The summed E-state index contributed by atoms with van der Waals surface area (Å²) in [6.07, 6.45) is 2.19. The molecule has 0 saturated heterocycles. The van der Waals surface area contributed by atoms with Crippen LogP contribution in [0.3, 0.4) is 0 Å². The van der Waals surface area contributed by atoms with Crippen LogP contribution in [-0.2, 0) is 4.79 Å². The Balaban J connectivity index is 4.47. The normalized spacial score (nSPS) is 16.6. The Morgan fingerprint density at radius 3 is 2.41 bits per heavy atom. The smallest absolute Gasteiger partial charge is 0.224 e. The first-order chi connectivity index (χ1) is 7.88. The van der Waals surface area contributed by atoms with E-state index < -0.39 is 0 Å². The molecule has 0 aromatic heterocycles. The largest absolute Gasteiger partial charge is 0.396 e. The van der Waals surface area contributed by atoms with Crippen LogP contribution in [-0.4, -0.2) is 29.7 Å². The number of hydrogen-bond donors (Lipinski definition) is 3. The second-order valence-electron chi connectivity index (χ2n) is 5.44. The Morgan fingerprint density at radius 1 is 1.47 bits per heavy atom. The number of carbonyl (C=O) groups is 1. The van der Waals surface area contributed by atoms with Gasteiger partial charge in [0.1, 0.15) is 0 Å². The molecule has 1 amide bonds. The lowest BCUT2D eigenvalue weighted by atomic mass is 9.91. The summed E-state index contributed by atoms with van der Waals surface area (Å²) in [5.74, 6) is 0.346. The first-order valence-corrected chi connectivity index (χ1v) is 6.51. The third-order valence-corrected chi connectivity index (χ3v) is 3.28. The van der Waals surface area contributed by atoms with Crippen LogP contribution in [0.25, 0.3) is 0 Å². The van der Waals surface area contributed by atoms with Gasteiger partial charge < -0.3 is 16.2 Å². The minimum atomic E-state index is -0.323. The van der Waals surface area contributed by atoms with E-state index in [0.29, 0.717) is 18.9 Å². The van der Waals surface area contributed by atoms with Gasteiger partial charge in [0.25, 0.3) is 0 Å². The van der Waals surface area contributed by atoms with Crippen LogP contribution < -0.4 is 11.1 Å². The van der Waals surface area contributed by atoms with Crippen molar-refractivity contribution in [2.24, 2.45) is 17.6 Å². The summed E-state index contributed by atoms with van der Waals surface area (Å²) in [5.41, 5.74) is 5.32. The minimum Gasteiger partial charge on any atom is -0.396 e. The molecule has 0 bridgehead atoms. The first kappa shape index (κ1) is 16.4. The van der Waals surface area contributed by atoms with Crippen molar-refractivity contribution >= 4 is 5.91 Å². The van der Waals surface area contributed by atoms with Crippen LogP contribution in [0.5, 0.6) is 0 Å². The lowest BCUT2D eigenvalue weighted by Gasteiger charge is -2.31. The van der Waals surface area contributed by atoms with Crippen molar-refractivity contribution in [3.05, 3.63) is 0 Å². The van der Waals surface area contributed by atoms with E-state index in [1.165, 1.54) is 0 Å². The maximum absolute atomic E-state index is 12.1. The number of nitrogens with one attached hydrogen (secondary N) is 1. The topological polar surface area (TPSA) is 75.3 Å². The van der Waals surface area contributed by atoms with Crippen LogP contribution in [0.15, 0.2) is 0 Å². The molecule has 0 fully saturated rings. The summed E-state index contributed by atoms with van der Waals surface area (Å²) in [6.45, 7) is 8.61. The van der Waals surface area contributed by atoms with E-state index in [9.17, 15) is 4.79 Å². The lowest BCUT2D eigenvalue weighted by molar-refractivity contribution is -0.127. The van der Waals surface area contributed by atoms with E-state index in [4.69, 9.17) is 10.8 Å². The molecular formula is C13H28N2O2. The van der Waals surface area contributed by atoms with Gasteiger partial charge in [0.05, 0.1) is 5.92 Å². The first-order valence-electron chi connectivity index (χ1n) is 6.51. The van der Waals surface area contributed by atoms with Crippen LogP contribution in [0.4, 0.5) is 0 Å². The molecule has 0 aliphatic rings. The quantitative estimate of drug-likeness (QED) is 0.602. The molecule has 0 rings (SSSR count). The fourth-order valence-electron chi connectivity index (χ4n) is 1.85. The molecule has 0 spiro atoms. The van der Waals surface area contributed by atoms with Gasteiger partial charge in [0.2, 0.25) is 5.91 Å². The molecule has 2 unspecified atom stereocenters. The van der Waals surface area contributed by atoms with E-state index in [1.54, 1.807) is 0 Å². The van der Waals surface area contributed by atoms with E-state index in [0.717, 1.165) is 12.8 Å². The van der Waals surface area contributed by atoms with Gasteiger partial charge in [0, 0.05) is 18.7 Å². The summed E-state index contributed by atoms with van der Waals surface area (Å²) in [4.78, 5) is 12.1. The zero-order valence-electron chi connectivity index (χ0n) is 11.6.